The van der Waals surface area contributed by atoms with E-state index >= 15 is 0 Å². The van der Waals surface area contributed by atoms with Crippen LogP contribution in [-0.2, 0) is 0 Å². The summed E-state index contributed by atoms with van der Waals surface area (Å²) in [5, 5.41) is 0. The van der Waals surface area contributed by atoms with E-state index in [4.69, 9.17) is 0 Å². The summed E-state index contributed by atoms with van der Waals surface area (Å²) < 4.78 is 0. The van der Waals surface area contributed by atoms with Gasteiger partial charge in [-0.1, -0.05) is 329 Å². The third kappa shape index (κ3) is 46.2. The van der Waals surface area contributed by atoms with Crippen LogP contribution in [-0.4, -0.2) is 0 Å². The maximum atomic E-state index is 2.41. The third-order valence-corrected chi connectivity index (χ3v) is 12.6. The van der Waals surface area contributed by atoms with Crippen LogP contribution >= 0.6 is 0 Å². The van der Waals surface area contributed by atoms with Crippen molar-refractivity contribution >= 4 is 0 Å². The maximum absolute atomic E-state index is 2.41. The van der Waals surface area contributed by atoms with Crippen molar-refractivity contribution in [2.45, 2.75) is 329 Å². The molecule has 0 aromatic rings. The molecule has 0 aliphatic heterocycles. The van der Waals surface area contributed by atoms with Gasteiger partial charge in [-0.2, -0.15) is 0 Å². The molecule has 0 aromatic carbocycles. The molecule has 0 aromatic heterocycles. The Morgan fingerprint density at radius 2 is 0.308 bits per heavy atom. The van der Waals surface area contributed by atoms with E-state index in [9.17, 15) is 0 Å². The van der Waals surface area contributed by atoms with Crippen LogP contribution in [0.25, 0.3) is 0 Å². The number of hydrogen-bond acceptors (Lipinski definition) is 0. The van der Waals surface area contributed by atoms with Gasteiger partial charge in [-0.25, -0.2) is 0 Å². The molecule has 0 heteroatoms. The predicted octanol–water partition coefficient (Wildman–Crippen LogP) is 20.4. The third-order valence-electron chi connectivity index (χ3n) is 12.6. The highest BCUT2D eigenvalue weighted by Gasteiger charge is 2.07. The second kappa shape index (κ2) is 49.0. The van der Waals surface area contributed by atoms with E-state index in [1.807, 2.05) is 0 Å². The molecule has 0 spiro atoms. The fourth-order valence-corrected chi connectivity index (χ4v) is 8.92. The van der Waals surface area contributed by atoms with E-state index in [0.717, 1.165) is 5.92 Å². The van der Waals surface area contributed by atoms with Crippen molar-refractivity contribution in [2.24, 2.45) is 5.92 Å². The van der Waals surface area contributed by atoms with Crippen molar-refractivity contribution in [1.82, 2.24) is 0 Å². The molecule has 52 heavy (non-hydrogen) atoms. The second-order valence-electron chi connectivity index (χ2n) is 18.1. The second-order valence-corrected chi connectivity index (χ2v) is 18.1. The Morgan fingerprint density at radius 1 is 0.154 bits per heavy atom. The minimum absolute atomic E-state index is 1.03. The molecule has 314 valence electrons. The van der Waals surface area contributed by atoms with E-state index < -0.39 is 0 Å². The van der Waals surface area contributed by atoms with Crippen LogP contribution in [0.5, 0.6) is 0 Å². The van der Waals surface area contributed by atoms with Gasteiger partial charge in [-0.05, 0) is 5.92 Å². The van der Waals surface area contributed by atoms with Crippen LogP contribution < -0.4 is 0 Å². The lowest BCUT2D eigenvalue weighted by atomic mass is 9.90. The summed E-state index contributed by atoms with van der Waals surface area (Å²) >= 11 is 0. The summed E-state index contributed by atoms with van der Waals surface area (Å²) in [4.78, 5) is 0. The SMILES string of the molecule is CCCCCCCCCCCCCCCCCCCCCCCCC(CCC)CCCCCCCCCCCCCCCCCCCCCCCC. The normalized spacial score (nSPS) is 11.8. The standard InChI is InChI=1S/C52H106/c1-4-7-9-11-13-15-17-19-21-23-25-27-29-31-33-35-37-39-41-43-45-47-50-52(49-6-3)51-48-46-44-42-40-38-36-34-32-30-28-26-24-22-20-18-16-14-12-10-8-5-2/h52H,4-51H2,1-3H3. The Labute approximate surface area is 333 Å². The first kappa shape index (κ1) is 52.0. The Morgan fingerprint density at radius 3 is 0.462 bits per heavy atom. The molecular weight excluding hydrogens is 625 g/mol. The van der Waals surface area contributed by atoms with Crippen LogP contribution in [0.1, 0.15) is 329 Å². The largest absolute Gasteiger partial charge is 0.0654 e. The molecule has 0 atom stereocenters. The number of unbranched alkanes of at least 4 members (excludes halogenated alkanes) is 42. The van der Waals surface area contributed by atoms with Crippen LogP contribution in [0, 0.1) is 5.92 Å². The van der Waals surface area contributed by atoms with Crippen LogP contribution in [0.3, 0.4) is 0 Å². The van der Waals surface area contributed by atoms with Gasteiger partial charge >= 0.3 is 0 Å². The number of rotatable bonds is 48. The molecule has 0 saturated carbocycles. The minimum atomic E-state index is 1.03. The molecule has 0 saturated heterocycles. The average Bonchev–Trinajstić information content (AvgIpc) is 3.15. The molecule has 0 N–H and O–H groups in total. The van der Waals surface area contributed by atoms with Crippen molar-refractivity contribution in [1.29, 1.82) is 0 Å². The molecule has 0 aliphatic carbocycles. The molecule has 0 fully saturated rings. The van der Waals surface area contributed by atoms with Gasteiger partial charge in [0.1, 0.15) is 0 Å². The summed E-state index contributed by atoms with van der Waals surface area (Å²) in [6.45, 7) is 7.03. The van der Waals surface area contributed by atoms with E-state index in [2.05, 4.69) is 20.8 Å². The van der Waals surface area contributed by atoms with Gasteiger partial charge < -0.3 is 0 Å². The quantitative estimate of drug-likeness (QED) is 0.0547. The van der Waals surface area contributed by atoms with Gasteiger partial charge in [0.25, 0.3) is 0 Å². The summed E-state index contributed by atoms with van der Waals surface area (Å²) in [6.07, 6.45) is 71.3. The topological polar surface area (TPSA) is 0 Å². The van der Waals surface area contributed by atoms with E-state index in [0.29, 0.717) is 0 Å². The maximum Gasteiger partial charge on any atom is -0.0414 e. The summed E-state index contributed by atoms with van der Waals surface area (Å²) in [5.41, 5.74) is 0. The summed E-state index contributed by atoms with van der Waals surface area (Å²) in [7, 11) is 0. The van der Waals surface area contributed by atoms with Crippen molar-refractivity contribution in [2.75, 3.05) is 0 Å². The van der Waals surface area contributed by atoms with E-state index in [1.54, 1.807) is 0 Å². The first-order valence-corrected chi connectivity index (χ1v) is 25.8. The molecule has 0 bridgehead atoms. The van der Waals surface area contributed by atoms with Crippen LogP contribution in [0.2, 0.25) is 0 Å². The highest BCUT2D eigenvalue weighted by Crippen LogP contribution is 2.24. The van der Waals surface area contributed by atoms with Crippen LogP contribution in [0.15, 0.2) is 0 Å². The molecular formula is C52H106. The van der Waals surface area contributed by atoms with Crippen molar-refractivity contribution in [3.05, 3.63) is 0 Å². The molecule has 0 unspecified atom stereocenters. The highest BCUT2D eigenvalue weighted by molar-refractivity contribution is 4.61. The lowest BCUT2D eigenvalue weighted by Gasteiger charge is -2.16. The Kier molecular flexibility index (Phi) is 49.0. The summed E-state index contributed by atoms with van der Waals surface area (Å²) in [5.74, 6) is 1.03. The zero-order valence-electron chi connectivity index (χ0n) is 37.5. The zero-order chi connectivity index (χ0) is 37.5. The van der Waals surface area contributed by atoms with Crippen molar-refractivity contribution in [3.8, 4) is 0 Å². The van der Waals surface area contributed by atoms with Crippen molar-refractivity contribution in [3.63, 3.8) is 0 Å². The average molecular weight is 731 g/mol. The molecule has 0 nitrogen and oxygen atoms in total. The molecule has 0 heterocycles. The van der Waals surface area contributed by atoms with Gasteiger partial charge in [0.15, 0.2) is 0 Å². The molecule has 0 rings (SSSR count). The Bertz CT molecular complexity index is 531. The number of hydrogen-bond donors (Lipinski definition) is 0. The Hall–Kier alpha value is 0. The fourth-order valence-electron chi connectivity index (χ4n) is 8.92. The fraction of sp³-hybridized carbons (Fsp3) is 1.00. The van der Waals surface area contributed by atoms with Crippen LogP contribution in [0.4, 0.5) is 0 Å². The molecule has 0 radical (unpaired) electrons. The lowest BCUT2D eigenvalue weighted by Crippen LogP contribution is -2.00. The van der Waals surface area contributed by atoms with Gasteiger partial charge in [0.2, 0.25) is 0 Å². The minimum Gasteiger partial charge on any atom is -0.0654 e. The zero-order valence-corrected chi connectivity index (χ0v) is 37.5. The van der Waals surface area contributed by atoms with E-state index in [-0.39, 0.29) is 0 Å². The van der Waals surface area contributed by atoms with Gasteiger partial charge in [0.05, 0.1) is 0 Å². The Balaban J connectivity index is 3.31. The van der Waals surface area contributed by atoms with Gasteiger partial charge in [-0.15, -0.1) is 0 Å². The predicted molar refractivity (Wildman–Crippen MR) is 242 cm³/mol. The van der Waals surface area contributed by atoms with E-state index in [1.165, 1.54) is 308 Å². The highest BCUT2D eigenvalue weighted by atomic mass is 14.1. The summed E-state index contributed by atoms with van der Waals surface area (Å²) in [6, 6.07) is 0. The van der Waals surface area contributed by atoms with Gasteiger partial charge in [0, 0.05) is 0 Å². The lowest BCUT2D eigenvalue weighted by molar-refractivity contribution is 0.376. The first-order chi connectivity index (χ1) is 25.8. The van der Waals surface area contributed by atoms with Gasteiger partial charge in [-0.3, -0.25) is 0 Å². The molecule has 0 aliphatic rings. The van der Waals surface area contributed by atoms with Crippen molar-refractivity contribution < 1.29 is 0 Å². The smallest absolute Gasteiger partial charge is 0.0414 e. The monoisotopic (exact) mass is 731 g/mol. The molecule has 0 amide bonds. The first-order valence-electron chi connectivity index (χ1n) is 25.8.